The van der Waals surface area contributed by atoms with Gasteiger partial charge in [-0.25, -0.2) is 9.78 Å². The topological polar surface area (TPSA) is 106 Å². The molecule has 0 saturated heterocycles. The summed E-state index contributed by atoms with van der Waals surface area (Å²) in [5.74, 6) is 0.336. The molecule has 0 radical (unpaired) electrons. The normalized spacial score (nSPS) is 9.47. The third-order valence-corrected chi connectivity index (χ3v) is 1.91. The van der Waals surface area contributed by atoms with Crippen LogP contribution in [0.5, 0.6) is 0 Å². The van der Waals surface area contributed by atoms with Gasteiger partial charge in [0.2, 0.25) is 0 Å². The number of carbonyl (C=O) groups excluding carboxylic acids is 2. The van der Waals surface area contributed by atoms with Crippen LogP contribution in [-0.2, 0) is 4.74 Å². The van der Waals surface area contributed by atoms with Gasteiger partial charge in [0.25, 0.3) is 5.91 Å². The lowest BCUT2D eigenvalue weighted by Crippen LogP contribution is -2.29. The van der Waals surface area contributed by atoms with Gasteiger partial charge in [-0.2, -0.15) is 0 Å². The maximum Gasteiger partial charge on any atom is 0.404 e. The third kappa shape index (κ3) is 4.37. The molecule has 0 fully saturated rings. The highest BCUT2D eigenvalue weighted by atomic mass is 16.5. The summed E-state index contributed by atoms with van der Waals surface area (Å²) < 4.78 is 4.47. The fourth-order valence-electron chi connectivity index (χ4n) is 1.13. The third-order valence-electron chi connectivity index (χ3n) is 1.91. The first kappa shape index (κ1) is 12.8. The van der Waals surface area contributed by atoms with Crippen molar-refractivity contribution in [1.29, 1.82) is 0 Å². The number of anilines is 1. The molecule has 0 spiro atoms. The van der Waals surface area contributed by atoms with E-state index in [1.807, 2.05) is 0 Å². The Morgan fingerprint density at radius 2 is 2.29 bits per heavy atom. The molecule has 17 heavy (non-hydrogen) atoms. The molecule has 7 nitrogen and oxygen atoms in total. The lowest BCUT2D eigenvalue weighted by molar-refractivity contribution is 0.0937. The van der Waals surface area contributed by atoms with Crippen LogP contribution in [0.3, 0.4) is 0 Å². The van der Waals surface area contributed by atoms with Crippen molar-refractivity contribution in [3.05, 3.63) is 23.9 Å². The van der Waals surface area contributed by atoms with Gasteiger partial charge in [-0.05, 0) is 12.1 Å². The van der Waals surface area contributed by atoms with E-state index in [0.717, 1.165) is 0 Å². The van der Waals surface area contributed by atoms with Crippen molar-refractivity contribution in [3.63, 3.8) is 0 Å². The molecule has 0 aliphatic carbocycles. The van der Waals surface area contributed by atoms with Gasteiger partial charge in [-0.1, -0.05) is 0 Å². The molecule has 4 N–H and O–H groups in total. The van der Waals surface area contributed by atoms with Gasteiger partial charge in [0.1, 0.15) is 12.4 Å². The number of hydrogen-bond donors (Lipinski definition) is 3. The van der Waals surface area contributed by atoms with E-state index < -0.39 is 6.09 Å². The van der Waals surface area contributed by atoms with Crippen molar-refractivity contribution in [3.8, 4) is 0 Å². The van der Waals surface area contributed by atoms with Crippen LogP contribution in [0, 0.1) is 0 Å². The fraction of sp³-hybridized carbons (Fsp3) is 0.300. The summed E-state index contributed by atoms with van der Waals surface area (Å²) in [6.07, 6.45) is 0.668. The second-order valence-electron chi connectivity index (χ2n) is 3.10. The number of rotatable bonds is 5. The monoisotopic (exact) mass is 238 g/mol. The van der Waals surface area contributed by atoms with Crippen LogP contribution < -0.4 is 16.4 Å². The first-order valence-electron chi connectivity index (χ1n) is 4.97. The van der Waals surface area contributed by atoms with Crippen LogP contribution in [0.25, 0.3) is 0 Å². The van der Waals surface area contributed by atoms with Gasteiger partial charge in [0.05, 0.1) is 6.54 Å². The molecule has 2 amide bonds. The lowest BCUT2D eigenvalue weighted by atomic mass is 10.2. The Balaban J connectivity index is 2.43. The van der Waals surface area contributed by atoms with Gasteiger partial charge in [-0.15, -0.1) is 0 Å². The molecule has 1 aromatic heterocycles. The molecule has 1 rings (SSSR count). The molecule has 7 heteroatoms. The zero-order valence-electron chi connectivity index (χ0n) is 9.40. The molecule has 0 atom stereocenters. The second kappa shape index (κ2) is 6.31. The van der Waals surface area contributed by atoms with E-state index in [1.165, 1.54) is 6.20 Å². The summed E-state index contributed by atoms with van der Waals surface area (Å²) in [6, 6.07) is 3.20. The first-order valence-corrected chi connectivity index (χ1v) is 4.97. The summed E-state index contributed by atoms with van der Waals surface area (Å²) in [6.45, 7) is 0.254. The molecule has 0 bridgehead atoms. The van der Waals surface area contributed by atoms with Crippen LogP contribution in [0.4, 0.5) is 10.6 Å². The van der Waals surface area contributed by atoms with Gasteiger partial charge >= 0.3 is 6.09 Å². The second-order valence-corrected chi connectivity index (χ2v) is 3.10. The lowest BCUT2D eigenvalue weighted by Gasteiger charge is -2.06. The largest absolute Gasteiger partial charge is 0.448 e. The van der Waals surface area contributed by atoms with Crippen molar-refractivity contribution in [2.24, 2.45) is 5.73 Å². The summed E-state index contributed by atoms with van der Waals surface area (Å²) >= 11 is 0. The van der Waals surface area contributed by atoms with Gasteiger partial charge < -0.3 is 21.1 Å². The number of ether oxygens (including phenoxy) is 1. The molecule has 1 heterocycles. The minimum Gasteiger partial charge on any atom is -0.448 e. The predicted molar refractivity (Wildman–Crippen MR) is 61.7 cm³/mol. The minimum absolute atomic E-state index is 0.0467. The van der Waals surface area contributed by atoms with E-state index in [2.05, 4.69) is 20.4 Å². The maximum absolute atomic E-state index is 11.6. The van der Waals surface area contributed by atoms with Crippen molar-refractivity contribution in [2.75, 3.05) is 25.5 Å². The fourth-order valence-corrected chi connectivity index (χ4v) is 1.13. The molecule has 0 saturated carbocycles. The Morgan fingerprint density at radius 1 is 1.53 bits per heavy atom. The van der Waals surface area contributed by atoms with Crippen LogP contribution in [-0.4, -0.2) is 37.2 Å². The van der Waals surface area contributed by atoms with Gasteiger partial charge in [0, 0.05) is 18.8 Å². The summed E-state index contributed by atoms with van der Waals surface area (Å²) in [5.41, 5.74) is 5.24. The average Bonchev–Trinajstić information content (AvgIpc) is 2.34. The van der Waals surface area contributed by atoms with Crippen LogP contribution >= 0.6 is 0 Å². The van der Waals surface area contributed by atoms with E-state index in [0.29, 0.717) is 11.4 Å². The highest BCUT2D eigenvalue weighted by Gasteiger charge is 2.05. The number of pyridine rings is 1. The number of nitrogens with two attached hydrogens (primary N) is 1. The zero-order chi connectivity index (χ0) is 12.7. The van der Waals surface area contributed by atoms with Crippen molar-refractivity contribution < 1.29 is 14.3 Å². The number of amides is 2. The molecule has 1 aromatic rings. The predicted octanol–water partition coefficient (Wildman–Crippen LogP) is -0.0516. The Bertz CT molecular complexity index is 408. The Labute approximate surface area is 98.4 Å². The van der Waals surface area contributed by atoms with E-state index in [9.17, 15) is 9.59 Å². The molecule has 92 valence electrons. The summed E-state index contributed by atoms with van der Waals surface area (Å²) in [7, 11) is 1.71. The van der Waals surface area contributed by atoms with Crippen molar-refractivity contribution >= 4 is 17.8 Å². The molecule has 0 aliphatic rings. The molecule has 0 aromatic carbocycles. The SMILES string of the molecule is CNc1cc(C(=O)NCCOC(N)=O)ccn1. The summed E-state index contributed by atoms with van der Waals surface area (Å²) in [5, 5.41) is 5.41. The molecular weight excluding hydrogens is 224 g/mol. The number of carbonyl (C=O) groups is 2. The zero-order valence-corrected chi connectivity index (χ0v) is 9.40. The van der Waals surface area contributed by atoms with Crippen LogP contribution in [0.15, 0.2) is 18.3 Å². The smallest absolute Gasteiger partial charge is 0.404 e. The number of nitrogens with one attached hydrogen (secondary N) is 2. The molecule has 0 aliphatic heterocycles. The van der Waals surface area contributed by atoms with Crippen molar-refractivity contribution in [2.45, 2.75) is 0 Å². The number of nitrogens with zero attached hydrogens (tertiary/aromatic N) is 1. The van der Waals surface area contributed by atoms with E-state index in [-0.39, 0.29) is 19.1 Å². The number of primary amides is 1. The average molecular weight is 238 g/mol. The number of hydrogen-bond acceptors (Lipinski definition) is 5. The van der Waals surface area contributed by atoms with Crippen molar-refractivity contribution in [1.82, 2.24) is 10.3 Å². The standard InChI is InChI=1S/C10H14N4O3/c1-12-8-6-7(2-3-13-8)9(15)14-4-5-17-10(11)16/h2-3,6H,4-5H2,1H3,(H2,11,16)(H,12,13)(H,14,15). The van der Waals surface area contributed by atoms with E-state index in [1.54, 1.807) is 19.2 Å². The van der Waals surface area contributed by atoms with Crippen LogP contribution in [0.1, 0.15) is 10.4 Å². The quantitative estimate of drug-likeness (QED) is 0.623. The highest BCUT2D eigenvalue weighted by Crippen LogP contribution is 2.05. The van der Waals surface area contributed by atoms with E-state index >= 15 is 0 Å². The van der Waals surface area contributed by atoms with Crippen LogP contribution in [0.2, 0.25) is 0 Å². The Kier molecular flexibility index (Phi) is 4.74. The molecular formula is C10H14N4O3. The number of aromatic nitrogens is 1. The highest BCUT2D eigenvalue weighted by molar-refractivity contribution is 5.94. The van der Waals surface area contributed by atoms with E-state index in [4.69, 9.17) is 5.73 Å². The minimum atomic E-state index is -0.861. The van der Waals surface area contributed by atoms with Gasteiger partial charge in [-0.3, -0.25) is 4.79 Å². The molecule has 0 unspecified atom stereocenters. The maximum atomic E-state index is 11.6. The first-order chi connectivity index (χ1) is 8.13. The summed E-state index contributed by atoms with van der Waals surface area (Å²) in [4.78, 5) is 25.9. The van der Waals surface area contributed by atoms with Gasteiger partial charge in [0.15, 0.2) is 0 Å². The Morgan fingerprint density at radius 3 is 2.94 bits per heavy atom. The Hall–Kier alpha value is -2.31.